The lowest BCUT2D eigenvalue weighted by Crippen LogP contribution is -2.42. The van der Waals surface area contributed by atoms with Gasteiger partial charge in [-0.2, -0.15) is 0 Å². The second kappa shape index (κ2) is 8.01. The van der Waals surface area contributed by atoms with Crippen molar-refractivity contribution in [3.05, 3.63) is 70.2 Å². The molecule has 0 saturated carbocycles. The summed E-state index contributed by atoms with van der Waals surface area (Å²) in [4.78, 5) is 49.3. The van der Waals surface area contributed by atoms with Crippen molar-refractivity contribution in [1.29, 1.82) is 0 Å². The number of halogens is 1. The Kier molecular flexibility index (Phi) is 5.52. The molecule has 2 N–H and O–H groups in total. The SMILES string of the molecule is O=C(CCCN1C(=O)c2ccccc2C1=O)NNC(=O)c1cccc(Cl)c1. The molecule has 0 aromatic heterocycles. The van der Waals surface area contributed by atoms with Crippen molar-refractivity contribution in [3.8, 4) is 0 Å². The van der Waals surface area contributed by atoms with E-state index < -0.39 is 11.8 Å². The van der Waals surface area contributed by atoms with E-state index in [1.54, 1.807) is 42.5 Å². The van der Waals surface area contributed by atoms with Gasteiger partial charge in [-0.3, -0.25) is 34.9 Å². The Morgan fingerprint density at radius 2 is 1.59 bits per heavy atom. The van der Waals surface area contributed by atoms with Crippen LogP contribution in [0.25, 0.3) is 0 Å². The highest BCUT2D eigenvalue weighted by molar-refractivity contribution is 6.31. The van der Waals surface area contributed by atoms with E-state index in [4.69, 9.17) is 11.6 Å². The molecule has 0 bridgehead atoms. The van der Waals surface area contributed by atoms with E-state index >= 15 is 0 Å². The summed E-state index contributed by atoms with van der Waals surface area (Å²) in [5, 5.41) is 0.412. The van der Waals surface area contributed by atoms with E-state index in [1.165, 1.54) is 6.07 Å². The first-order chi connectivity index (χ1) is 13.0. The molecule has 0 radical (unpaired) electrons. The second-order valence-corrected chi connectivity index (χ2v) is 6.36. The summed E-state index contributed by atoms with van der Waals surface area (Å²) in [6.07, 6.45) is 0.327. The first-order valence-electron chi connectivity index (χ1n) is 8.27. The minimum Gasteiger partial charge on any atom is -0.274 e. The van der Waals surface area contributed by atoms with E-state index in [0.717, 1.165) is 4.90 Å². The number of benzene rings is 2. The van der Waals surface area contributed by atoms with Crippen molar-refractivity contribution < 1.29 is 19.2 Å². The van der Waals surface area contributed by atoms with Crippen LogP contribution < -0.4 is 10.9 Å². The van der Waals surface area contributed by atoms with Gasteiger partial charge in [0.2, 0.25) is 5.91 Å². The van der Waals surface area contributed by atoms with Gasteiger partial charge in [0.1, 0.15) is 0 Å². The zero-order chi connectivity index (χ0) is 19.4. The molecule has 7 nitrogen and oxygen atoms in total. The molecular formula is C19H16ClN3O4. The zero-order valence-corrected chi connectivity index (χ0v) is 15.0. The number of rotatable bonds is 5. The van der Waals surface area contributed by atoms with Crippen molar-refractivity contribution in [2.45, 2.75) is 12.8 Å². The number of amides is 4. The fourth-order valence-corrected chi connectivity index (χ4v) is 2.92. The maximum atomic E-state index is 12.2. The molecule has 2 aromatic carbocycles. The van der Waals surface area contributed by atoms with Crippen LogP contribution in [0.15, 0.2) is 48.5 Å². The summed E-state index contributed by atoms with van der Waals surface area (Å²) in [5.41, 5.74) is 5.65. The average Bonchev–Trinajstić information content (AvgIpc) is 2.91. The number of nitrogens with zero attached hydrogens (tertiary/aromatic N) is 1. The van der Waals surface area contributed by atoms with Gasteiger partial charge in [-0.15, -0.1) is 0 Å². The summed E-state index contributed by atoms with van der Waals surface area (Å²) < 4.78 is 0. The summed E-state index contributed by atoms with van der Waals surface area (Å²) in [7, 11) is 0. The number of hydrazine groups is 1. The van der Waals surface area contributed by atoms with Crippen LogP contribution in [0.2, 0.25) is 5.02 Å². The van der Waals surface area contributed by atoms with Crippen LogP contribution in [0.1, 0.15) is 43.9 Å². The molecule has 0 saturated heterocycles. The van der Waals surface area contributed by atoms with Gasteiger partial charge in [0.15, 0.2) is 0 Å². The average molecular weight is 386 g/mol. The summed E-state index contributed by atoms with van der Waals surface area (Å²) >= 11 is 5.81. The Balaban J connectivity index is 1.45. The van der Waals surface area contributed by atoms with Gasteiger partial charge in [0, 0.05) is 23.6 Å². The monoisotopic (exact) mass is 385 g/mol. The van der Waals surface area contributed by atoms with Gasteiger partial charge in [0.05, 0.1) is 11.1 Å². The maximum absolute atomic E-state index is 12.2. The molecule has 1 aliphatic heterocycles. The lowest BCUT2D eigenvalue weighted by molar-refractivity contribution is -0.122. The van der Waals surface area contributed by atoms with Gasteiger partial charge in [0.25, 0.3) is 17.7 Å². The van der Waals surface area contributed by atoms with Gasteiger partial charge in [-0.1, -0.05) is 29.8 Å². The smallest absolute Gasteiger partial charge is 0.269 e. The normalized spacial score (nSPS) is 12.7. The molecule has 8 heteroatoms. The van der Waals surface area contributed by atoms with Crippen molar-refractivity contribution in [3.63, 3.8) is 0 Å². The molecule has 2 aromatic rings. The van der Waals surface area contributed by atoms with Crippen LogP contribution in [0.5, 0.6) is 0 Å². The van der Waals surface area contributed by atoms with E-state index in [2.05, 4.69) is 10.9 Å². The van der Waals surface area contributed by atoms with Gasteiger partial charge < -0.3 is 0 Å². The second-order valence-electron chi connectivity index (χ2n) is 5.92. The third-order valence-electron chi connectivity index (χ3n) is 4.07. The molecule has 0 fully saturated rings. The van der Waals surface area contributed by atoms with Gasteiger partial charge in [-0.25, -0.2) is 0 Å². The lowest BCUT2D eigenvalue weighted by Gasteiger charge is -2.13. The van der Waals surface area contributed by atoms with E-state index in [1.807, 2.05) is 0 Å². The molecule has 0 aliphatic carbocycles. The molecule has 4 amide bonds. The third-order valence-corrected chi connectivity index (χ3v) is 4.30. The predicted octanol–water partition coefficient (Wildman–Crippen LogP) is 2.18. The number of fused-ring (bicyclic) bond motifs is 1. The number of nitrogens with one attached hydrogen (secondary N) is 2. The van der Waals surface area contributed by atoms with Crippen molar-refractivity contribution in [1.82, 2.24) is 15.8 Å². The van der Waals surface area contributed by atoms with Crippen LogP contribution in [0, 0.1) is 0 Å². The molecule has 0 atom stereocenters. The fourth-order valence-electron chi connectivity index (χ4n) is 2.73. The van der Waals surface area contributed by atoms with Crippen LogP contribution >= 0.6 is 11.6 Å². The highest BCUT2D eigenvalue weighted by Gasteiger charge is 2.34. The molecular weight excluding hydrogens is 370 g/mol. The maximum Gasteiger partial charge on any atom is 0.269 e. The topological polar surface area (TPSA) is 95.6 Å². The van der Waals surface area contributed by atoms with E-state index in [-0.39, 0.29) is 31.2 Å². The summed E-state index contributed by atoms with van der Waals surface area (Å²) in [6.45, 7) is 0.127. The van der Waals surface area contributed by atoms with Crippen molar-refractivity contribution in [2.24, 2.45) is 0 Å². The standard InChI is InChI=1S/C19H16ClN3O4/c20-13-6-3-5-12(11-13)17(25)22-21-16(24)9-4-10-23-18(26)14-7-1-2-8-15(14)19(23)27/h1-3,5-8,11H,4,9-10H2,(H,21,24)(H,22,25). The number of imide groups is 1. The number of carbonyl (C=O) groups excluding carboxylic acids is 4. The van der Waals surface area contributed by atoms with Crippen molar-refractivity contribution in [2.75, 3.05) is 6.54 Å². The quantitative estimate of drug-likeness (QED) is 0.609. The van der Waals surface area contributed by atoms with E-state index in [0.29, 0.717) is 21.7 Å². The first-order valence-corrected chi connectivity index (χ1v) is 8.65. The molecule has 27 heavy (non-hydrogen) atoms. The zero-order valence-electron chi connectivity index (χ0n) is 14.2. The Morgan fingerprint density at radius 1 is 0.926 bits per heavy atom. The van der Waals surface area contributed by atoms with Crippen LogP contribution in [0.4, 0.5) is 0 Å². The number of hydrogen-bond acceptors (Lipinski definition) is 4. The lowest BCUT2D eigenvalue weighted by atomic mass is 10.1. The molecule has 0 unspecified atom stereocenters. The minimum absolute atomic E-state index is 0.0449. The number of carbonyl (C=O) groups is 4. The molecule has 0 spiro atoms. The van der Waals surface area contributed by atoms with Crippen LogP contribution in [-0.4, -0.2) is 35.1 Å². The Bertz CT molecular complexity index is 894. The molecule has 138 valence electrons. The fraction of sp³-hybridized carbons (Fsp3) is 0.158. The van der Waals surface area contributed by atoms with Gasteiger partial charge >= 0.3 is 0 Å². The Hall–Kier alpha value is -3.19. The van der Waals surface area contributed by atoms with E-state index in [9.17, 15) is 19.2 Å². The highest BCUT2D eigenvalue weighted by atomic mass is 35.5. The minimum atomic E-state index is -0.494. The third kappa shape index (κ3) is 4.15. The van der Waals surface area contributed by atoms with Crippen molar-refractivity contribution >= 4 is 35.2 Å². The highest BCUT2D eigenvalue weighted by Crippen LogP contribution is 2.22. The first kappa shape index (κ1) is 18.6. The molecule has 1 heterocycles. The predicted molar refractivity (Wildman–Crippen MR) is 98.1 cm³/mol. The Morgan fingerprint density at radius 3 is 2.22 bits per heavy atom. The van der Waals surface area contributed by atoms with Crippen LogP contribution in [0.3, 0.4) is 0 Å². The Labute approximate surface area is 160 Å². The summed E-state index contributed by atoms with van der Waals surface area (Å²) in [5.74, 6) is -1.64. The van der Waals surface area contributed by atoms with Crippen LogP contribution in [-0.2, 0) is 4.79 Å². The van der Waals surface area contributed by atoms with Gasteiger partial charge in [-0.05, 0) is 36.8 Å². The molecule has 1 aliphatic rings. The summed E-state index contributed by atoms with van der Waals surface area (Å²) in [6, 6.07) is 12.9. The largest absolute Gasteiger partial charge is 0.274 e. The molecule has 3 rings (SSSR count). The number of hydrogen-bond donors (Lipinski definition) is 2.